The zero-order valence-electron chi connectivity index (χ0n) is 20.0. The number of nitrogens with zero attached hydrogens (tertiary/aromatic N) is 4. The van der Waals surface area contributed by atoms with E-state index >= 15 is 0 Å². The predicted octanol–water partition coefficient (Wildman–Crippen LogP) is 4.01. The van der Waals surface area contributed by atoms with Crippen molar-refractivity contribution in [3.63, 3.8) is 0 Å². The predicted molar refractivity (Wildman–Crippen MR) is 133 cm³/mol. The monoisotopic (exact) mass is 514 g/mol. The lowest BCUT2D eigenvalue weighted by Gasteiger charge is -2.25. The highest BCUT2D eigenvalue weighted by molar-refractivity contribution is 6.31. The van der Waals surface area contributed by atoms with Crippen LogP contribution in [0.15, 0.2) is 36.8 Å². The summed E-state index contributed by atoms with van der Waals surface area (Å²) in [5, 5.41) is 17.2. The highest BCUT2D eigenvalue weighted by Gasteiger charge is 2.49. The minimum Gasteiger partial charge on any atom is -0.467 e. The summed E-state index contributed by atoms with van der Waals surface area (Å²) in [6.07, 6.45) is 6.31. The maximum atomic E-state index is 13.5. The number of anilines is 2. The number of halogens is 2. The van der Waals surface area contributed by atoms with Crippen molar-refractivity contribution in [3.8, 4) is 6.01 Å². The van der Waals surface area contributed by atoms with E-state index in [0.717, 1.165) is 18.5 Å². The van der Waals surface area contributed by atoms with Crippen LogP contribution in [0.2, 0.25) is 5.02 Å². The van der Waals surface area contributed by atoms with Gasteiger partial charge in [-0.3, -0.25) is 4.79 Å². The Morgan fingerprint density at radius 3 is 2.72 bits per heavy atom. The average Bonchev–Trinajstić information content (AvgIpc) is 3.51. The minimum atomic E-state index is -0.829. The van der Waals surface area contributed by atoms with Gasteiger partial charge in [-0.25, -0.2) is 14.4 Å². The Hall–Kier alpha value is -3.24. The standard InChI is InChI=1S/C25H28ClFN6O3/c1-33-13-30-21(22(33)23(34)31-17-3-4-19(27)18(26)9-17)14-7-15-10-25(35,11-16(15)8-14)12-29-20-5-6-28-24(32-20)36-2/h3-6,9,13-16,35H,7-8,10-12H2,1-2H3,(H,31,34)(H,28,29,32). The molecule has 3 N–H and O–H groups in total. The van der Waals surface area contributed by atoms with E-state index in [0.29, 0.717) is 48.4 Å². The second-order valence-corrected chi connectivity index (χ2v) is 10.2. The highest BCUT2D eigenvalue weighted by atomic mass is 35.5. The normalized spacial score (nSPS) is 25.0. The number of carbonyl (C=O) groups is 1. The number of aliphatic hydroxyl groups is 1. The van der Waals surface area contributed by atoms with Gasteiger partial charge in [0, 0.05) is 31.4 Å². The van der Waals surface area contributed by atoms with E-state index < -0.39 is 11.4 Å². The molecule has 0 spiro atoms. The van der Waals surface area contributed by atoms with Crippen molar-refractivity contribution in [1.29, 1.82) is 0 Å². The summed E-state index contributed by atoms with van der Waals surface area (Å²) in [4.78, 5) is 25.9. The molecule has 2 saturated carbocycles. The first-order valence-electron chi connectivity index (χ1n) is 11.9. The Kier molecular flexibility index (Phi) is 6.57. The molecule has 190 valence electrons. The van der Waals surface area contributed by atoms with E-state index in [9.17, 15) is 14.3 Å². The van der Waals surface area contributed by atoms with Crippen LogP contribution in [-0.4, -0.2) is 49.8 Å². The van der Waals surface area contributed by atoms with Crippen LogP contribution in [0, 0.1) is 17.7 Å². The molecule has 2 aliphatic carbocycles. The van der Waals surface area contributed by atoms with Crippen LogP contribution in [-0.2, 0) is 7.05 Å². The van der Waals surface area contributed by atoms with Crippen LogP contribution in [0.5, 0.6) is 6.01 Å². The molecule has 3 aromatic rings. The number of fused-ring (bicyclic) bond motifs is 1. The van der Waals surface area contributed by atoms with Gasteiger partial charge in [0.15, 0.2) is 0 Å². The number of hydrogen-bond donors (Lipinski definition) is 3. The van der Waals surface area contributed by atoms with Crippen LogP contribution < -0.4 is 15.4 Å². The molecule has 2 atom stereocenters. The van der Waals surface area contributed by atoms with Gasteiger partial charge in [-0.2, -0.15) is 4.98 Å². The molecule has 2 aliphatic rings. The van der Waals surface area contributed by atoms with Crippen LogP contribution >= 0.6 is 11.6 Å². The zero-order valence-corrected chi connectivity index (χ0v) is 20.8. The number of hydrogen-bond acceptors (Lipinski definition) is 7. The largest absolute Gasteiger partial charge is 0.467 e. The first-order valence-corrected chi connectivity index (χ1v) is 12.2. The van der Waals surface area contributed by atoms with Gasteiger partial charge in [-0.05, 0) is 61.8 Å². The van der Waals surface area contributed by atoms with Crippen molar-refractivity contribution in [3.05, 3.63) is 59.0 Å². The molecule has 2 unspecified atom stereocenters. The van der Waals surface area contributed by atoms with Crippen molar-refractivity contribution in [2.75, 3.05) is 24.3 Å². The van der Waals surface area contributed by atoms with Crippen molar-refractivity contribution < 1.29 is 19.0 Å². The third kappa shape index (κ3) is 4.87. The van der Waals surface area contributed by atoms with Crippen molar-refractivity contribution in [2.45, 2.75) is 37.2 Å². The van der Waals surface area contributed by atoms with Crippen molar-refractivity contribution >= 4 is 29.0 Å². The van der Waals surface area contributed by atoms with Crippen LogP contribution in [0.3, 0.4) is 0 Å². The fraction of sp³-hybridized carbons (Fsp3) is 0.440. The SMILES string of the molecule is COc1nccc(NCC2(O)CC3CC(c4ncn(C)c4C(=O)Nc4ccc(F)c(Cl)c4)CC3C2)n1. The Morgan fingerprint density at radius 1 is 1.28 bits per heavy atom. The van der Waals surface area contributed by atoms with E-state index in [4.69, 9.17) is 16.3 Å². The zero-order chi connectivity index (χ0) is 25.4. The third-order valence-corrected chi connectivity index (χ3v) is 7.57. The van der Waals surface area contributed by atoms with Crippen molar-refractivity contribution in [1.82, 2.24) is 19.5 Å². The molecule has 36 heavy (non-hydrogen) atoms. The third-order valence-electron chi connectivity index (χ3n) is 7.28. The molecule has 0 radical (unpaired) electrons. The topological polar surface area (TPSA) is 114 Å². The lowest BCUT2D eigenvalue weighted by Crippen LogP contribution is -2.35. The second-order valence-electron chi connectivity index (χ2n) is 9.78. The Labute approximate surface area is 213 Å². The molecular formula is C25H28ClFN6O3. The number of rotatable bonds is 7. The summed E-state index contributed by atoms with van der Waals surface area (Å²) >= 11 is 5.86. The number of amides is 1. The van der Waals surface area contributed by atoms with Gasteiger partial charge in [0.05, 0.1) is 29.8 Å². The first-order chi connectivity index (χ1) is 17.2. The summed E-state index contributed by atoms with van der Waals surface area (Å²) in [6, 6.07) is 6.09. The lowest BCUT2D eigenvalue weighted by molar-refractivity contribution is 0.0514. The molecule has 2 fully saturated rings. The molecule has 2 heterocycles. The fourth-order valence-electron chi connectivity index (χ4n) is 5.72. The molecule has 1 aromatic carbocycles. The summed E-state index contributed by atoms with van der Waals surface area (Å²) in [7, 11) is 3.29. The smallest absolute Gasteiger partial charge is 0.318 e. The summed E-state index contributed by atoms with van der Waals surface area (Å²) in [6.45, 7) is 0.391. The van der Waals surface area contributed by atoms with Gasteiger partial charge in [0.2, 0.25) is 0 Å². The molecule has 5 rings (SSSR count). The van der Waals surface area contributed by atoms with E-state index in [1.165, 1.54) is 25.3 Å². The maximum Gasteiger partial charge on any atom is 0.318 e. The number of imidazole rings is 1. The Morgan fingerprint density at radius 2 is 2.03 bits per heavy atom. The van der Waals surface area contributed by atoms with E-state index in [1.807, 2.05) is 0 Å². The number of methoxy groups -OCH3 is 1. The molecule has 1 amide bonds. The van der Waals surface area contributed by atoms with Gasteiger partial charge >= 0.3 is 6.01 Å². The fourth-order valence-corrected chi connectivity index (χ4v) is 5.90. The maximum absolute atomic E-state index is 13.5. The summed E-state index contributed by atoms with van der Waals surface area (Å²) in [5.74, 6) is 0.566. The molecule has 11 heteroatoms. The molecule has 0 saturated heterocycles. The van der Waals surface area contributed by atoms with Crippen LogP contribution in [0.1, 0.15) is 47.8 Å². The summed E-state index contributed by atoms with van der Waals surface area (Å²) in [5.41, 5.74) is 0.827. The average molecular weight is 515 g/mol. The van der Waals surface area contributed by atoms with Gasteiger partial charge in [0.25, 0.3) is 5.91 Å². The molecule has 0 bridgehead atoms. The molecule has 0 aliphatic heterocycles. The van der Waals surface area contributed by atoms with Gasteiger partial charge in [0.1, 0.15) is 17.3 Å². The Balaban J connectivity index is 1.23. The quantitative estimate of drug-likeness (QED) is 0.436. The number of nitrogens with one attached hydrogen (secondary N) is 2. The number of aryl methyl sites for hydroxylation is 1. The van der Waals surface area contributed by atoms with Crippen molar-refractivity contribution in [2.24, 2.45) is 18.9 Å². The number of benzene rings is 1. The van der Waals surface area contributed by atoms with Gasteiger partial charge in [-0.1, -0.05) is 11.6 Å². The number of aromatic nitrogens is 4. The molecule has 2 aromatic heterocycles. The number of ether oxygens (including phenoxy) is 1. The summed E-state index contributed by atoms with van der Waals surface area (Å²) < 4.78 is 20.2. The molecule has 9 nitrogen and oxygen atoms in total. The Bertz CT molecular complexity index is 1270. The minimum absolute atomic E-state index is 0.0533. The van der Waals surface area contributed by atoms with Gasteiger partial charge in [-0.15, -0.1) is 0 Å². The number of carbonyl (C=O) groups excluding carboxylic acids is 1. The van der Waals surface area contributed by atoms with Crippen LogP contribution in [0.25, 0.3) is 0 Å². The lowest BCUT2D eigenvalue weighted by atomic mass is 9.92. The second kappa shape index (κ2) is 9.67. The first kappa shape index (κ1) is 24.5. The van der Waals surface area contributed by atoms with E-state index in [-0.39, 0.29) is 22.9 Å². The van der Waals surface area contributed by atoms with Gasteiger partial charge < -0.3 is 25.0 Å². The van der Waals surface area contributed by atoms with E-state index in [2.05, 4.69) is 25.6 Å². The van der Waals surface area contributed by atoms with Crippen LogP contribution in [0.4, 0.5) is 15.9 Å². The molecular weight excluding hydrogens is 487 g/mol. The highest BCUT2D eigenvalue weighted by Crippen LogP contribution is 2.54. The van der Waals surface area contributed by atoms with E-state index in [1.54, 1.807) is 30.2 Å².